The minimum atomic E-state index is -0.508. The molecule has 0 radical (unpaired) electrons. The van der Waals surface area contributed by atoms with Gasteiger partial charge in [0.2, 0.25) is 0 Å². The molecule has 0 saturated heterocycles. The van der Waals surface area contributed by atoms with E-state index < -0.39 is 5.56 Å². The number of alkyl halides is 1. The number of hydrogen-bond donors (Lipinski definition) is 0. The van der Waals surface area contributed by atoms with Crippen LogP contribution in [-0.2, 0) is 9.53 Å². The van der Waals surface area contributed by atoms with E-state index in [0.717, 1.165) is 12.8 Å². The van der Waals surface area contributed by atoms with Crippen molar-refractivity contribution in [1.29, 1.82) is 0 Å². The molecule has 3 heteroatoms. The van der Waals surface area contributed by atoms with E-state index in [0.29, 0.717) is 12.3 Å². The molecule has 0 aliphatic carbocycles. The first kappa shape index (κ1) is 11.8. The van der Waals surface area contributed by atoms with Gasteiger partial charge in [-0.05, 0) is 12.8 Å². The highest BCUT2D eigenvalue weighted by atomic mass is 35.5. The normalized spacial score (nSPS) is 13.1. The highest BCUT2D eigenvalue weighted by molar-refractivity contribution is 6.19. The van der Waals surface area contributed by atoms with E-state index in [-0.39, 0.29) is 5.97 Å². The first-order valence-corrected chi connectivity index (χ1v) is 4.87. The molecule has 0 spiro atoms. The van der Waals surface area contributed by atoms with Gasteiger partial charge in [0, 0.05) is 6.42 Å². The summed E-state index contributed by atoms with van der Waals surface area (Å²) in [5.41, 5.74) is -0.508. The van der Waals surface area contributed by atoms with Crippen LogP contribution >= 0.6 is 11.6 Å². The molecule has 0 aliphatic heterocycles. The third-order valence-electron chi connectivity index (χ3n) is 1.90. The predicted octanol–water partition coefficient (Wildman–Crippen LogP) is 2.94. The Labute approximate surface area is 79.2 Å². The molecule has 0 amide bonds. The molecule has 0 bridgehead atoms. The van der Waals surface area contributed by atoms with Crippen molar-refractivity contribution in [2.45, 2.75) is 45.6 Å². The number of ether oxygens (including phenoxy) is 1. The standard InChI is InChI=1S/C9H17ClO2/c1-4-8(5-2)6-9(11)12-7(3)10/h7-8H,4-6H2,1-3H3. The second kappa shape index (κ2) is 6.30. The fraction of sp³-hybridized carbons (Fsp3) is 0.889. The molecule has 0 aromatic heterocycles. The van der Waals surface area contributed by atoms with E-state index in [2.05, 4.69) is 13.8 Å². The summed E-state index contributed by atoms with van der Waals surface area (Å²) < 4.78 is 4.81. The maximum atomic E-state index is 11.1. The van der Waals surface area contributed by atoms with Gasteiger partial charge in [-0.3, -0.25) is 4.79 Å². The maximum absolute atomic E-state index is 11.1. The molecule has 0 N–H and O–H groups in total. The van der Waals surface area contributed by atoms with Gasteiger partial charge in [0.15, 0.2) is 5.56 Å². The van der Waals surface area contributed by atoms with E-state index in [9.17, 15) is 4.79 Å². The lowest BCUT2D eigenvalue weighted by molar-refractivity contribution is -0.146. The Bertz CT molecular complexity index is 130. The largest absolute Gasteiger partial charge is 0.446 e. The van der Waals surface area contributed by atoms with Crippen LogP contribution in [0.25, 0.3) is 0 Å². The van der Waals surface area contributed by atoms with Crippen LogP contribution in [0.15, 0.2) is 0 Å². The van der Waals surface area contributed by atoms with Gasteiger partial charge in [0.25, 0.3) is 0 Å². The number of carbonyl (C=O) groups excluding carboxylic acids is 1. The molecule has 0 aliphatic rings. The van der Waals surface area contributed by atoms with Crippen molar-refractivity contribution in [2.24, 2.45) is 5.92 Å². The highest BCUT2D eigenvalue weighted by Gasteiger charge is 2.12. The number of esters is 1. The number of hydrogen-bond acceptors (Lipinski definition) is 2. The summed E-state index contributed by atoms with van der Waals surface area (Å²) in [7, 11) is 0. The molecule has 0 saturated carbocycles. The third-order valence-corrected chi connectivity index (χ3v) is 1.99. The van der Waals surface area contributed by atoms with Crippen molar-refractivity contribution in [2.75, 3.05) is 0 Å². The first-order chi connectivity index (χ1) is 5.60. The van der Waals surface area contributed by atoms with Gasteiger partial charge >= 0.3 is 5.97 Å². The van der Waals surface area contributed by atoms with E-state index in [4.69, 9.17) is 16.3 Å². The second-order valence-corrected chi connectivity index (χ2v) is 3.53. The molecule has 0 heterocycles. The summed E-state index contributed by atoms with van der Waals surface area (Å²) in [4.78, 5) is 11.1. The summed E-state index contributed by atoms with van der Waals surface area (Å²) in [5.74, 6) is 0.249. The van der Waals surface area contributed by atoms with E-state index in [1.165, 1.54) is 0 Å². The molecular formula is C9H17ClO2. The number of carbonyl (C=O) groups is 1. The monoisotopic (exact) mass is 192 g/mol. The van der Waals surface area contributed by atoms with Crippen molar-refractivity contribution in [1.82, 2.24) is 0 Å². The van der Waals surface area contributed by atoms with Crippen LogP contribution in [0.5, 0.6) is 0 Å². The van der Waals surface area contributed by atoms with Crippen molar-refractivity contribution in [3.63, 3.8) is 0 Å². The predicted molar refractivity (Wildman–Crippen MR) is 50.1 cm³/mol. The fourth-order valence-electron chi connectivity index (χ4n) is 1.04. The minimum Gasteiger partial charge on any atom is -0.446 e. The van der Waals surface area contributed by atoms with Crippen LogP contribution in [0.3, 0.4) is 0 Å². The van der Waals surface area contributed by atoms with Crippen LogP contribution in [0.2, 0.25) is 0 Å². The summed E-state index contributed by atoms with van der Waals surface area (Å²) in [5, 5.41) is 0. The quantitative estimate of drug-likeness (QED) is 0.495. The van der Waals surface area contributed by atoms with Crippen LogP contribution in [0.1, 0.15) is 40.0 Å². The molecule has 0 aromatic rings. The van der Waals surface area contributed by atoms with Crippen molar-refractivity contribution in [3.8, 4) is 0 Å². The van der Waals surface area contributed by atoms with Gasteiger partial charge in [0.05, 0.1) is 0 Å². The Kier molecular flexibility index (Phi) is 6.17. The van der Waals surface area contributed by atoms with Crippen molar-refractivity contribution in [3.05, 3.63) is 0 Å². The molecule has 0 fully saturated rings. The SMILES string of the molecule is CCC(CC)CC(=O)OC(C)Cl. The van der Waals surface area contributed by atoms with Gasteiger partial charge in [-0.2, -0.15) is 0 Å². The van der Waals surface area contributed by atoms with Gasteiger partial charge < -0.3 is 4.74 Å². The fourth-order valence-corrected chi connectivity index (χ4v) is 1.14. The maximum Gasteiger partial charge on any atom is 0.307 e. The average Bonchev–Trinajstić information content (AvgIpc) is 1.98. The molecule has 72 valence electrons. The van der Waals surface area contributed by atoms with E-state index >= 15 is 0 Å². The molecule has 1 atom stereocenters. The Hall–Kier alpha value is -0.240. The lowest BCUT2D eigenvalue weighted by Gasteiger charge is -2.12. The zero-order chi connectivity index (χ0) is 9.56. The van der Waals surface area contributed by atoms with Crippen molar-refractivity contribution >= 4 is 17.6 Å². The molecule has 1 unspecified atom stereocenters. The minimum absolute atomic E-state index is 0.189. The van der Waals surface area contributed by atoms with E-state index in [1.807, 2.05) is 0 Å². The van der Waals surface area contributed by atoms with Gasteiger partial charge in [-0.15, -0.1) is 0 Å². The lowest BCUT2D eigenvalue weighted by Crippen LogP contribution is -2.13. The number of halogens is 1. The summed E-state index contributed by atoms with van der Waals surface area (Å²) in [6, 6.07) is 0. The van der Waals surface area contributed by atoms with Gasteiger partial charge in [-0.1, -0.05) is 38.3 Å². The summed E-state index contributed by atoms with van der Waals surface area (Å²) in [6.07, 6.45) is 2.52. The Balaban J connectivity index is 3.66. The van der Waals surface area contributed by atoms with Crippen molar-refractivity contribution < 1.29 is 9.53 Å². The third kappa shape index (κ3) is 5.42. The molecule has 0 rings (SSSR count). The van der Waals surface area contributed by atoms with Crippen LogP contribution < -0.4 is 0 Å². The average molecular weight is 193 g/mol. The lowest BCUT2D eigenvalue weighted by atomic mass is 10.00. The Morgan fingerprint density at radius 1 is 1.42 bits per heavy atom. The molecule has 2 nitrogen and oxygen atoms in total. The zero-order valence-electron chi connectivity index (χ0n) is 7.97. The van der Waals surface area contributed by atoms with Crippen LogP contribution in [0, 0.1) is 5.92 Å². The first-order valence-electron chi connectivity index (χ1n) is 4.43. The zero-order valence-corrected chi connectivity index (χ0v) is 8.73. The highest BCUT2D eigenvalue weighted by Crippen LogP contribution is 2.14. The number of rotatable bonds is 5. The van der Waals surface area contributed by atoms with Crippen LogP contribution in [-0.4, -0.2) is 11.5 Å². The second-order valence-electron chi connectivity index (χ2n) is 2.92. The molecular weight excluding hydrogens is 176 g/mol. The smallest absolute Gasteiger partial charge is 0.307 e. The Morgan fingerprint density at radius 2 is 1.92 bits per heavy atom. The van der Waals surface area contributed by atoms with Gasteiger partial charge in [-0.25, -0.2) is 0 Å². The molecule has 12 heavy (non-hydrogen) atoms. The summed E-state index contributed by atoms with van der Waals surface area (Å²) >= 11 is 5.50. The topological polar surface area (TPSA) is 26.3 Å². The van der Waals surface area contributed by atoms with Crippen LogP contribution in [0.4, 0.5) is 0 Å². The molecule has 0 aromatic carbocycles. The van der Waals surface area contributed by atoms with E-state index in [1.54, 1.807) is 6.92 Å². The Morgan fingerprint density at radius 3 is 2.25 bits per heavy atom. The van der Waals surface area contributed by atoms with Gasteiger partial charge in [0.1, 0.15) is 0 Å². The summed E-state index contributed by atoms with van der Waals surface area (Å²) in [6.45, 7) is 5.80.